The number of nitrogens with zero attached hydrogens (tertiary/aromatic N) is 2. The molecule has 2 aromatic carbocycles. The molecule has 0 aliphatic rings. The molecule has 0 amide bonds. The highest BCUT2D eigenvalue weighted by Gasteiger charge is 2.15. The third-order valence-electron chi connectivity index (χ3n) is 3.70. The Morgan fingerprint density at radius 2 is 1.54 bits per heavy atom. The molecule has 0 aliphatic carbocycles. The number of hydrogen-bond donors (Lipinski definition) is 0. The van der Waals surface area contributed by atoms with Crippen molar-refractivity contribution in [2.45, 2.75) is 12.8 Å². The summed E-state index contributed by atoms with van der Waals surface area (Å²) in [6.07, 6.45) is 4.83. The molecule has 0 saturated carbocycles. The molecule has 0 saturated heterocycles. The number of aryl methyl sites for hydroxylation is 1. The summed E-state index contributed by atoms with van der Waals surface area (Å²) in [7, 11) is 3.13. The average molecular weight is 358 g/mol. The Morgan fingerprint density at radius 3 is 2.08 bits per heavy atom. The lowest BCUT2D eigenvalue weighted by molar-refractivity contribution is -0.394. The first-order chi connectivity index (χ1) is 12.4. The molecular formula is C18H18N2O6. The topological polar surface area (TPSA) is 105 Å². The van der Waals surface area contributed by atoms with Crippen LogP contribution in [0.25, 0.3) is 6.08 Å². The van der Waals surface area contributed by atoms with Gasteiger partial charge in [0, 0.05) is 12.1 Å². The Hall–Kier alpha value is -3.42. The Morgan fingerprint density at radius 1 is 0.923 bits per heavy atom. The van der Waals surface area contributed by atoms with Crippen LogP contribution in [0.4, 0.5) is 11.4 Å². The first kappa shape index (κ1) is 18.9. The van der Waals surface area contributed by atoms with E-state index in [0.29, 0.717) is 29.9 Å². The maximum Gasteiger partial charge on any atom is 0.276 e. The summed E-state index contributed by atoms with van der Waals surface area (Å²) in [5.74, 6) is 1.29. The molecule has 0 unspecified atom stereocenters. The molecule has 26 heavy (non-hydrogen) atoms. The van der Waals surface area contributed by atoms with E-state index in [-0.39, 0.29) is 11.4 Å². The summed E-state index contributed by atoms with van der Waals surface area (Å²) in [4.78, 5) is 20.5. The van der Waals surface area contributed by atoms with Crippen molar-refractivity contribution in [2.75, 3.05) is 14.2 Å². The minimum absolute atomic E-state index is 0.307. The predicted molar refractivity (Wildman–Crippen MR) is 96.7 cm³/mol. The van der Waals surface area contributed by atoms with Gasteiger partial charge < -0.3 is 9.47 Å². The molecule has 2 aromatic rings. The van der Waals surface area contributed by atoms with Crippen LogP contribution in [0.15, 0.2) is 42.5 Å². The van der Waals surface area contributed by atoms with Crippen molar-refractivity contribution in [3.8, 4) is 11.5 Å². The third kappa shape index (κ3) is 4.79. The van der Waals surface area contributed by atoms with Gasteiger partial charge in [-0.25, -0.2) is 0 Å². The minimum Gasteiger partial charge on any atom is -0.493 e. The zero-order valence-electron chi connectivity index (χ0n) is 14.4. The number of rotatable bonds is 8. The summed E-state index contributed by atoms with van der Waals surface area (Å²) in [5, 5.41) is 21.8. The van der Waals surface area contributed by atoms with Crippen molar-refractivity contribution in [3.05, 3.63) is 73.8 Å². The number of nitro benzene ring substituents is 2. The lowest BCUT2D eigenvalue weighted by Crippen LogP contribution is -1.93. The number of non-ortho nitro benzene ring substituents is 2. The monoisotopic (exact) mass is 358 g/mol. The number of nitro groups is 2. The highest BCUT2D eigenvalue weighted by Crippen LogP contribution is 2.28. The van der Waals surface area contributed by atoms with Crippen LogP contribution in [0.1, 0.15) is 17.5 Å². The predicted octanol–water partition coefficient (Wildman–Crippen LogP) is 4.17. The third-order valence-corrected chi connectivity index (χ3v) is 3.70. The van der Waals surface area contributed by atoms with Gasteiger partial charge >= 0.3 is 0 Å². The number of benzene rings is 2. The summed E-state index contributed by atoms with van der Waals surface area (Å²) in [6.45, 7) is 0. The summed E-state index contributed by atoms with van der Waals surface area (Å²) in [6, 6.07) is 9.18. The number of hydrogen-bond acceptors (Lipinski definition) is 6. The van der Waals surface area contributed by atoms with E-state index in [1.54, 1.807) is 20.3 Å². The van der Waals surface area contributed by atoms with E-state index >= 15 is 0 Å². The summed E-state index contributed by atoms with van der Waals surface area (Å²) < 4.78 is 10.4. The normalized spacial score (nSPS) is 10.7. The van der Waals surface area contributed by atoms with Crippen LogP contribution in [0.5, 0.6) is 11.5 Å². The quantitative estimate of drug-likeness (QED) is 0.518. The number of methoxy groups -OCH3 is 2. The highest BCUT2D eigenvalue weighted by molar-refractivity contribution is 5.59. The van der Waals surface area contributed by atoms with Crippen molar-refractivity contribution >= 4 is 17.5 Å². The van der Waals surface area contributed by atoms with Crippen LogP contribution >= 0.6 is 0 Å². The Kier molecular flexibility index (Phi) is 6.26. The molecule has 0 aromatic heterocycles. The summed E-state index contributed by atoms with van der Waals surface area (Å²) in [5.41, 5.74) is 0.841. The molecule has 0 fully saturated rings. The van der Waals surface area contributed by atoms with Crippen LogP contribution in [-0.4, -0.2) is 24.1 Å². The highest BCUT2D eigenvalue weighted by atomic mass is 16.6. The Bertz CT molecular complexity index is 815. The second-order valence-electron chi connectivity index (χ2n) is 5.43. The second-order valence-corrected chi connectivity index (χ2v) is 5.43. The van der Waals surface area contributed by atoms with Crippen molar-refractivity contribution in [3.63, 3.8) is 0 Å². The molecule has 0 N–H and O–H groups in total. The largest absolute Gasteiger partial charge is 0.493 e. The molecule has 0 radical (unpaired) electrons. The molecule has 0 atom stereocenters. The van der Waals surface area contributed by atoms with E-state index in [9.17, 15) is 20.2 Å². The zero-order valence-corrected chi connectivity index (χ0v) is 14.4. The second kappa shape index (κ2) is 8.61. The first-order valence-electron chi connectivity index (χ1n) is 7.76. The standard InChI is InChI=1S/C18H18N2O6/c1-25-17-8-7-13(11-18(17)26-2)5-3-4-6-14-9-15(19(21)22)12-16(10-14)20(23)24/h4,6-12H,3,5H2,1-2H3. The Labute approximate surface area is 150 Å². The van der Waals surface area contributed by atoms with E-state index in [1.165, 1.54) is 12.1 Å². The van der Waals surface area contributed by atoms with Crippen LogP contribution in [-0.2, 0) is 6.42 Å². The fourth-order valence-corrected chi connectivity index (χ4v) is 2.43. The van der Waals surface area contributed by atoms with Gasteiger partial charge in [-0.15, -0.1) is 0 Å². The van der Waals surface area contributed by atoms with Crippen LogP contribution in [0, 0.1) is 20.2 Å². The molecular weight excluding hydrogens is 340 g/mol. The van der Waals surface area contributed by atoms with Gasteiger partial charge in [-0.3, -0.25) is 20.2 Å². The summed E-state index contributed by atoms with van der Waals surface area (Å²) >= 11 is 0. The maximum absolute atomic E-state index is 10.9. The van der Waals surface area contributed by atoms with Gasteiger partial charge in [0.15, 0.2) is 11.5 Å². The minimum atomic E-state index is -0.645. The van der Waals surface area contributed by atoms with E-state index in [4.69, 9.17) is 9.47 Å². The van der Waals surface area contributed by atoms with Gasteiger partial charge in [0.25, 0.3) is 11.4 Å². The molecule has 0 heterocycles. The van der Waals surface area contributed by atoms with Gasteiger partial charge in [-0.05, 0) is 36.1 Å². The molecule has 136 valence electrons. The van der Waals surface area contributed by atoms with Crippen LogP contribution < -0.4 is 9.47 Å². The van der Waals surface area contributed by atoms with E-state index < -0.39 is 9.85 Å². The smallest absolute Gasteiger partial charge is 0.276 e. The Balaban J connectivity index is 2.09. The fourth-order valence-electron chi connectivity index (χ4n) is 2.43. The lowest BCUT2D eigenvalue weighted by atomic mass is 10.1. The molecule has 0 aliphatic heterocycles. The van der Waals surface area contributed by atoms with Gasteiger partial charge in [0.2, 0.25) is 0 Å². The van der Waals surface area contributed by atoms with Crippen molar-refractivity contribution in [1.29, 1.82) is 0 Å². The van der Waals surface area contributed by atoms with Gasteiger partial charge in [-0.2, -0.15) is 0 Å². The SMILES string of the molecule is COc1ccc(CCC=Cc2cc([N+](=O)[O-])cc([N+](=O)[O-])c2)cc1OC. The van der Waals surface area contributed by atoms with Crippen molar-refractivity contribution in [2.24, 2.45) is 0 Å². The number of ether oxygens (including phenoxy) is 2. The average Bonchev–Trinajstić information content (AvgIpc) is 2.64. The molecule has 8 nitrogen and oxygen atoms in total. The van der Waals surface area contributed by atoms with Gasteiger partial charge in [0.1, 0.15) is 0 Å². The number of allylic oxidation sites excluding steroid dienone is 1. The molecule has 0 bridgehead atoms. The fraction of sp³-hybridized carbons (Fsp3) is 0.222. The molecule has 8 heteroatoms. The molecule has 2 rings (SSSR count). The van der Waals surface area contributed by atoms with Crippen LogP contribution in [0.2, 0.25) is 0 Å². The van der Waals surface area contributed by atoms with Crippen molar-refractivity contribution < 1.29 is 19.3 Å². The first-order valence-corrected chi connectivity index (χ1v) is 7.76. The van der Waals surface area contributed by atoms with Gasteiger partial charge in [0.05, 0.1) is 30.1 Å². The van der Waals surface area contributed by atoms with E-state index in [0.717, 1.165) is 11.6 Å². The van der Waals surface area contributed by atoms with Crippen molar-refractivity contribution in [1.82, 2.24) is 0 Å². The van der Waals surface area contributed by atoms with E-state index in [1.807, 2.05) is 24.3 Å². The van der Waals surface area contributed by atoms with Gasteiger partial charge in [-0.1, -0.05) is 18.2 Å². The maximum atomic E-state index is 10.9. The zero-order chi connectivity index (χ0) is 19.1. The lowest BCUT2D eigenvalue weighted by Gasteiger charge is -2.08. The van der Waals surface area contributed by atoms with E-state index in [2.05, 4.69) is 0 Å². The van der Waals surface area contributed by atoms with Crippen LogP contribution in [0.3, 0.4) is 0 Å². The molecule has 0 spiro atoms.